The molecule has 6 heteroatoms. The molecule has 0 radical (unpaired) electrons. The van der Waals surface area contributed by atoms with Crippen molar-refractivity contribution < 1.29 is 14.7 Å². The molecule has 2 aromatic rings. The van der Waals surface area contributed by atoms with E-state index in [1.807, 2.05) is 37.4 Å². The first-order valence-corrected chi connectivity index (χ1v) is 8.49. The number of carbonyl (C=O) groups is 2. The minimum absolute atomic E-state index is 0.179. The van der Waals surface area contributed by atoms with Gasteiger partial charge >= 0.3 is 5.97 Å². The first kappa shape index (κ1) is 16.4. The first-order valence-electron chi connectivity index (χ1n) is 7.10. The molecule has 0 aliphatic carbocycles. The van der Waals surface area contributed by atoms with Crippen molar-refractivity contribution in [2.75, 3.05) is 12.0 Å². The third-order valence-electron chi connectivity index (χ3n) is 3.61. The molecule has 0 unspecified atom stereocenters. The molecule has 0 saturated heterocycles. The van der Waals surface area contributed by atoms with Crippen molar-refractivity contribution >= 4 is 34.5 Å². The van der Waals surface area contributed by atoms with E-state index in [1.165, 1.54) is 0 Å². The fourth-order valence-electron chi connectivity index (χ4n) is 2.46. The van der Waals surface area contributed by atoms with Crippen LogP contribution in [-0.4, -0.2) is 40.0 Å². The van der Waals surface area contributed by atoms with Crippen LogP contribution < -0.4 is 5.32 Å². The summed E-state index contributed by atoms with van der Waals surface area (Å²) < 4.78 is 0. The summed E-state index contributed by atoms with van der Waals surface area (Å²) in [4.78, 5) is 26.6. The highest BCUT2D eigenvalue weighted by Gasteiger charge is 2.20. The van der Waals surface area contributed by atoms with Crippen molar-refractivity contribution in [1.82, 2.24) is 10.3 Å². The van der Waals surface area contributed by atoms with E-state index in [0.29, 0.717) is 12.2 Å². The normalized spacial score (nSPS) is 12.3. The zero-order chi connectivity index (χ0) is 16.1. The average Bonchev–Trinajstić information content (AvgIpc) is 2.79. The van der Waals surface area contributed by atoms with E-state index in [2.05, 4.69) is 10.3 Å². The Morgan fingerprint density at radius 2 is 2.09 bits per heavy atom. The number of carboxylic acids is 1. The lowest BCUT2D eigenvalue weighted by molar-refractivity contribution is -0.141. The van der Waals surface area contributed by atoms with Crippen molar-refractivity contribution in [3.05, 3.63) is 35.5 Å². The Hall–Kier alpha value is -1.95. The van der Waals surface area contributed by atoms with Gasteiger partial charge in [0.1, 0.15) is 6.04 Å². The number of carboxylic acid groups (broad SMARTS) is 1. The van der Waals surface area contributed by atoms with Crippen LogP contribution in [0.5, 0.6) is 0 Å². The molecule has 0 spiro atoms. The number of hydrogen-bond donors (Lipinski definition) is 3. The molecule has 1 heterocycles. The zero-order valence-corrected chi connectivity index (χ0v) is 13.5. The summed E-state index contributed by atoms with van der Waals surface area (Å²) in [6.07, 6.45) is 2.52. The van der Waals surface area contributed by atoms with Gasteiger partial charge in [-0.1, -0.05) is 18.2 Å². The van der Waals surface area contributed by atoms with Gasteiger partial charge < -0.3 is 15.4 Å². The van der Waals surface area contributed by atoms with Crippen LogP contribution in [0, 0.1) is 6.92 Å². The molecule has 0 aliphatic heterocycles. The number of rotatable bonds is 7. The molecule has 0 bridgehead atoms. The van der Waals surface area contributed by atoms with Gasteiger partial charge in [-0.25, -0.2) is 4.79 Å². The minimum Gasteiger partial charge on any atom is -0.480 e. The maximum atomic E-state index is 12.2. The summed E-state index contributed by atoms with van der Waals surface area (Å²) in [6.45, 7) is 1.92. The zero-order valence-electron chi connectivity index (χ0n) is 12.7. The average molecular weight is 320 g/mol. The van der Waals surface area contributed by atoms with E-state index < -0.39 is 12.0 Å². The number of amides is 1. The summed E-state index contributed by atoms with van der Waals surface area (Å²) in [6, 6.07) is 6.96. The maximum absolute atomic E-state index is 12.2. The molecule has 1 aromatic carbocycles. The molecule has 2 rings (SSSR count). The Morgan fingerprint density at radius 3 is 2.77 bits per heavy atom. The number of aromatic nitrogens is 1. The number of carbonyl (C=O) groups excluding carboxylic acids is 1. The van der Waals surface area contributed by atoms with Crippen LogP contribution in [0.3, 0.4) is 0 Å². The third-order valence-corrected chi connectivity index (χ3v) is 4.25. The van der Waals surface area contributed by atoms with Crippen molar-refractivity contribution in [3.8, 4) is 0 Å². The van der Waals surface area contributed by atoms with Crippen LogP contribution in [0.4, 0.5) is 0 Å². The lowest BCUT2D eigenvalue weighted by Crippen LogP contribution is -2.41. The van der Waals surface area contributed by atoms with Gasteiger partial charge in [-0.05, 0) is 37.0 Å². The second-order valence-corrected chi connectivity index (χ2v) is 6.18. The van der Waals surface area contributed by atoms with E-state index in [1.54, 1.807) is 11.8 Å². The van der Waals surface area contributed by atoms with Gasteiger partial charge in [0, 0.05) is 16.6 Å². The van der Waals surface area contributed by atoms with Crippen LogP contribution in [0.15, 0.2) is 24.3 Å². The topological polar surface area (TPSA) is 82.2 Å². The molecule has 0 fully saturated rings. The Labute approximate surface area is 133 Å². The standard InChI is InChI=1S/C16H20N2O3S/c1-10-12(11-5-3-4-6-13(11)17-10)9-15(19)18-14(16(20)21)7-8-22-2/h3-6,14,17H,7-9H2,1-2H3,(H,18,19)(H,20,21)/t14-/m0/s1. The number of benzene rings is 1. The quantitative estimate of drug-likeness (QED) is 0.731. The number of fused-ring (bicyclic) bond motifs is 1. The fourth-order valence-corrected chi connectivity index (χ4v) is 2.93. The number of aliphatic carboxylic acids is 1. The monoisotopic (exact) mass is 320 g/mol. The number of para-hydroxylation sites is 1. The van der Waals surface area contributed by atoms with Gasteiger partial charge in [-0.3, -0.25) is 4.79 Å². The Balaban J connectivity index is 2.10. The van der Waals surface area contributed by atoms with E-state index in [-0.39, 0.29) is 12.3 Å². The van der Waals surface area contributed by atoms with Crippen molar-refractivity contribution in [2.24, 2.45) is 0 Å². The molecule has 0 aliphatic rings. The molecule has 3 N–H and O–H groups in total. The van der Waals surface area contributed by atoms with Crippen LogP contribution >= 0.6 is 11.8 Å². The molecule has 1 aromatic heterocycles. The first-order chi connectivity index (χ1) is 10.5. The molecule has 118 valence electrons. The SMILES string of the molecule is CSCC[C@H](NC(=O)Cc1c(C)[nH]c2ccccc12)C(=O)O. The summed E-state index contributed by atoms with van der Waals surface area (Å²) in [5.41, 5.74) is 2.84. The summed E-state index contributed by atoms with van der Waals surface area (Å²) in [7, 11) is 0. The molecule has 22 heavy (non-hydrogen) atoms. The van der Waals surface area contributed by atoms with Crippen LogP contribution in [-0.2, 0) is 16.0 Å². The van der Waals surface area contributed by atoms with Crippen LogP contribution in [0.1, 0.15) is 17.7 Å². The second-order valence-electron chi connectivity index (χ2n) is 5.19. The van der Waals surface area contributed by atoms with Crippen LogP contribution in [0.25, 0.3) is 10.9 Å². The maximum Gasteiger partial charge on any atom is 0.326 e. The highest BCUT2D eigenvalue weighted by molar-refractivity contribution is 7.98. The summed E-state index contributed by atoms with van der Waals surface area (Å²) in [5, 5.41) is 12.8. The van der Waals surface area contributed by atoms with E-state index in [0.717, 1.165) is 22.2 Å². The number of nitrogens with one attached hydrogen (secondary N) is 2. The van der Waals surface area contributed by atoms with Gasteiger partial charge in [0.25, 0.3) is 0 Å². The number of thioether (sulfide) groups is 1. The predicted octanol–water partition coefficient (Wildman–Crippen LogP) is 2.34. The molecular formula is C16H20N2O3S. The Kier molecular flexibility index (Phi) is 5.49. The van der Waals surface area contributed by atoms with Crippen LogP contribution in [0.2, 0.25) is 0 Å². The summed E-state index contributed by atoms with van der Waals surface area (Å²) in [5.74, 6) is -0.553. The second kappa shape index (κ2) is 7.35. The molecule has 0 saturated carbocycles. The molecule has 1 amide bonds. The highest BCUT2D eigenvalue weighted by Crippen LogP contribution is 2.22. The highest BCUT2D eigenvalue weighted by atomic mass is 32.2. The van der Waals surface area contributed by atoms with E-state index >= 15 is 0 Å². The van der Waals surface area contributed by atoms with E-state index in [9.17, 15) is 14.7 Å². The van der Waals surface area contributed by atoms with Gasteiger partial charge in [0.05, 0.1) is 6.42 Å². The van der Waals surface area contributed by atoms with Crippen molar-refractivity contribution in [3.63, 3.8) is 0 Å². The van der Waals surface area contributed by atoms with Gasteiger partial charge in [0.2, 0.25) is 5.91 Å². The Bertz CT molecular complexity index is 681. The Morgan fingerprint density at radius 1 is 1.36 bits per heavy atom. The third kappa shape index (κ3) is 3.82. The number of hydrogen-bond acceptors (Lipinski definition) is 3. The van der Waals surface area contributed by atoms with E-state index in [4.69, 9.17) is 0 Å². The lowest BCUT2D eigenvalue weighted by Gasteiger charge is -2.14. The van der Waals surface area contributed by atoms with Gasteiger partial charge in [-0.2, -0.15) is 11.8 Å². The minimum atomic E-state index is -0.988. The van der Waals surface area contributed by atoms with Gasteiger partial charge in [-0.15, -0.1) is 0 Å². The fraction of sp³-hybridized carbons (Fsp3) is 0.375. The predicted molar refractivity (Wildman–Crippen MR) is 89.3 cm³/mol. The molecular weight excluding hydrogens is 300 g/mol. The smallest absolute Gasteiger partial charge is 0.326 e. The number of aromatic amines is 1. The lowest BCUT2D eigenvalue weighted by atomic mass is 10.1. The van der Waals surface area contributed by atoms with Crippen molar-refractivity contribution in [2.45, 2.75) is 25.8 Å². The van der Waals surface area contributed by atoms with Gasteiger partial charge in [0.15, 0.2) is 0 Å². The molecule has 5 nitrogen and oxygen atoms in total. The summed E-state index contributed by atoms with van der Waals surface area (Å²) >= 11 is 1.56. The number of aryl methyl sites for hydroxylation is 1. The number of H-pyrrole nitrogens is 1. The molecule has 1 atom stereocenters. The van der Waals surface area contributed by atoms with Crippen molar-refractivity contribution in [1.29, 1.82) is 0 Å². The largest absolute Gasteiger partial charge is 0.480 e.